The third-order valence-corrected chi connectivity index (χ3v) is 7.14. The first-order chi connectivity index (χ1) is 17.3. The molecular weight excluding hydrogens is 460 g/mol. The van der Waals surface area contributed by atoms with E-state index in [4.69, 9.17) is 9.47 Å². The number of aliphatic hydroxyl groups is 1. The fourth-order valence-corrected chi connectivity index (χ4v) is 4.98. The fraction of sp³-hybridized carbons (Fsp3) is 0.500. The average molecular weight is 499 g/mol. The maximum Gasteiger partial charge on any atom is 0.329 e. The van der Waals surface area contributed by atoms with Crippen molar-refractivity contribution in [1.82, 2.24) is 10.2 Å². The van der Waals surface area contributed by atoms with Crippen LogP contribution in [0.2, 0.25) is 0 Å². The summed E-state index contributed by atoms with van der Waals surface area (Å²) in [6, 6.07) is 12.5. The lowest BCUT2D eigenvalue weighted by Gasteiger charge is -2.35. The van der Waals surface area contributed by atoms with Gasteiger partial charge >= 0.3 is 12.0 Å². The second-order valence-electron chi connectivity index (χ2n) is 9.41. The van der Waals surface area contributed by atoms with Crippen molar-refractivity contribution in [3.8, 4) is 11.5 Å². The molecule has 0 radical (unpaired) electrons. The Hall–Kier alpha value is -3.26. The van der Waals surface area contributed by atoms with Gasteiger partial charge < -0.3 is 29.9 Å². The number of nitrogens with one attached hydrogen (secondary N) is 1. The van der Waals surface area contributed by atoms with Crippen LogP contribution in [0.15, 0.2) is 42.5 Å². The number of hydrogen-bond donors (Lipinski definition) is 3. The second-order valence-corrected chi connectivity index (χ2v) is 9.41. The van der Waals surface area contributed by atoms with Gasteiger partial charge in [0.25, 0.3) is 0 Å². The summed E-state index contributed by atoms with van der Waals surface area (Å²) in [4.78, 5) is 27.3. The molecule has 196 valence electrons. The quantitative estimate of drug-likeness (QED) is 0.373. The van der Waals surface area contributed by atoms with Gasteiger partial charge in [-0.1, -0.05) is 43.2 Å². The highest BCUT2D eigenvalue weighted by atomic mass is 16.5. The highest BCUT2D eigenvalue weighted by Gasteiger charge is 2.44. The van der Waals surface area contributed by atoms with Gasteiger partial charge in [0, 0.05) is 12.1 Å². The topological polar surface area (TPSA) is 108 Å². The molecule has 0 heterocycles. The maximum absolute atomic E-state index is 13.6. The maximum atomic E-state index is 13.6. The minimum absolute atomic E-state index is 0.332. The molecule has 1 fully saturated rings. The molecule has 0 aliphatic heterocycles. The number of carbonyl (C=O) groups is 2. The lowest BCUT2D eigenvalue weighted by Crippen LogP contribution is -2.57. The molecule has 36 heavy (non-hydrogen) atoms. The monoisotopic (exact) mass is 498 g/mol. The van der Waals surface area contributed by atoms with Crippen molar-refractivity contribution in [2.24, 2.45) is 0 Å². The number of hydrogen-bond acceptors (Lipinski definition) is 5. The number of aliphatic hydroxyl groups excluding tert-OH is 1. The number of methoxy groups -OCH3 is 2. The highest BCUT2D eigenvalue weighted by molar-refractivity contribution is 5.86. The van der Waals surface area contributed by atoms with Crippen molar-refractivity contribution in [2.75, 3.05) is 27.4 Å². The van der Waals surface area contributed by atoms with Crippen molar-refractivity contribution >= 4 is 12.0 Å². The van der Waals surface area contributed by atoms with Crippen LogP contribution in [0.3, 0.4) is 0 Å². The lowest BCUT2D eigenvalue weighted by molar-refractivity contribution is -0.144. The molecule has 1 unspecified atom stereocenters. The summed E-state index contributed by atoms with van der Waals surface area (Å²) in [6.07, 6.45) is 4.69. The summed E-state index contributed by atoms with van der Waals surface area (Å²) in [6.45, 7) is 1.90. The van der Waals surface area contributed by atoms with Gasteiger partial charge in [-0.25, -0.2) is 9.59 Å². The van der Waals surface area contributed by atoms with Gasteiger partial charge in [-0.15, -0.1) is 0 Å². The van der Waals surface area contributed by atoms with E-state index in [0.717, 1.165) is 31.2 Å². The molecule has 0 aromatic heterocycles. The van der Waals surface area contributed by atoms with Crippen molar-refractivity contribution in [2.45, 2.75) is 63.5 Å². The van der Waals surface area contributed by atoms with Crippen LogP contribution in [0.1, 0.15) is 61.3 Å². The van der Waals surface area contributed by atoms with Crippen LogP contribution in [-0.2, 0) is 11.2 Å². The first kappa shape index (κ1) is 27.3. The molecule has 8 heteroatoms. The van der Waals surface area contributed by atoms with E-state index in [1.165, 1.54) is 5.56 Å². The van der Waals surface area contributed by atoms with Crippen LogP contribution in [0.25, 0.3) is 0 Å². The van der Waals surface area contributed by atoms with Gasteiger partial charge in [0.1, 0.15) is 17.0 Å². The Morgan fingerprint density at radius 1 is 1.06 bits per heavy atom. The first-order valence-electron chi connectivity index (χ1n) is 12.5. The SMILES string of the molecule is COc1cc(C(CO)N(CCCCc2ccccc2)C(=O)NC2(C(=O)O)CCCC2)cc(OC)c1C. The van der Waals surface area contributed by atoms with Gasteiger partial charge in [0.15, 0.2) is 0 Å². The molecule has 2 aromatic carbocycles. The van der Waals surface area contributed by atoms with Gasteiger partial charge in [0.05, 0.1) is 26.9 Å². The van der Waals surface area contributed by atoms with Crippen LogP contribution in [0.5, 0.6) is 11.5 Å². The molecule has 1 saturated carbocycles. The fourth-order valence-electron chi connectivity index (χ4n) is 4.98. The minimum atomic E-state index is -1.28. The summed E-state index contributed by atoms with van der Waals surface area (Å²) in [7, 11) is 3.12. The van der Waals surface area contributed by atoms with Crippen LogP contribution < -0.4 is 14.8 Å². The highest BCUT2D eigenvalue weighted by Crippen LogP contribution is 2.35. The van der Waals surface area contributed by atoms with Crippen molar-refractivity contribution in [3.05, 3.63) is 59.2 Å². The summed E-state index contributed by atoms with van der Waals surface area (Å²) < 4.78 is 11.0. The van der Waals surface area contributed by atoms with Crippen molar-refractivity contribution in [1.29, 1.82) is 0 Å². The van der Waals surface area contributed by atoms with E-state index in [-0.39, 0.29) is 6.61 Å². The first-order valence-corrected chi connectivity index (χ1v) is 12.5. The van der Waals surface area contributed by atoms with E-state index in [2.05, 4.69) is 17.4 Å². The molecule has 2 aromatic rings. The normalized spacial score (nSPS) is 15.2. The van der Waals surface area contributed by atoms with E-state index < -0.39 is 23.6 Å². The number of aliphatic carboxylic acids is 1. The number of carbonyl (C=O) groups excluding carboxylic acids is 1. The minimum Gasteiger partial charge on any atom is -0.496 e. The summed E-state index contributed by atoms with van der Waals surface area (Å²) in [5.74, 6) is 0.159. The molecule has 2 amide bonds. The number of nitrogens with zero attached hydrogens (tertiary/aromatic N) is 1. The number of carboxylic acid groups (broad SMARTS) is 1. The van der Waals surface area contributed by atoms with Gasteiger partial charge in [-0.3, -0.25) is 0 Å². The lowest BCUT2D eigenvalue weighted by atomic mass is 9.97. The molecule has 1 aliphatic carbocycles. The molecule has 1 aliphatic rings. The third kappa shape index (κ3) is 6.29. The van der Waals surface area contributed by atoms with E-state index in [1.807, 2.05) is 25.1 Å². The smallest absolute Gasteiger partial charge is 0.329 e. The number of aryl methyl sites for hydroxylation is 1. The van der Waals surface area contributed by atoms with Crippen molar-refractivity contribution in [3.63, 3.8) is 0 Å². The largest absolute Gasteiger partial charge is 0.496 e. The number of carboxylic acids is 1. The molecule has 0 bridgehead atoms. The van der Waals surface area contributed by atoms with E-state index in [9.17, 15) is 19.8 Å². The zero-order chi connectivity index (χ0) is 26.1. The third-order valence-electron chi connectivity index (χ3n) is 7.14. The molecular formula is C28H38N2O6. The van der Waals surface area contributed by atoms with Crippen LogP contribution in [0, 0.1) is 6.92 Å². The molecule has 8 nitrogen and oxygen atoms in total. The Labute approximate surface area is 213 Å². The number of ether oxygens (including phenoxy) is 2. The van der Waals surface area contributed by atoms with Gasteiger partial charge in [-0.05, 0) is 62.3 Å². The summed E-state index contributed by atoms with van der Waals surface area (Å²) >= 11 is 0. The van der Waals surface area contributed by atoms with E-state index >= 15 is 0 Å². The summed E-state index contributed by atoms with van der Waals surface area (Å²) in [5.41, 5.74) is 1.42. The standard InChI is InChI=1S/C28H38N2O6/c1-20-24(35-2)17-22(18-25(20)36-3)23(19-31)30(16-10-7-13-21-11-5-4-6-12-21)27(34)29-28(26(32)33)14-8-9-15-28/h4-6,11-12,17-18,23,31H,7-10,13-16,19H2,1-3H3,(H,29,34)(H,32,33). The Balaban J connectivity index is 1.87. The average Bonchev–Trinajstić information content (AvgIpc) is 3.36. The zero-order valence-electron chi connectivity index (χ0n) is 21.5. The second kappa shape index (κ2) is 12.6. The predicted molar refractivity (Wildman–Crippen MR) is 138 cm³/mol. The number of rotatable bonds is 12. The van der Waals surface area contributed by atoms with Crippen LogP contribution in [0.4, 0.5) is 4.79 Å². The van der Waals surface area contributed by atoms with Crippen LogP contribution >= 0.6 is 0 Å². The molecule has 1 atom stereocenters. The van der Waals surface area contributed by atoms with Gasteiger partial charge in [0.2, 0.25) is 0 Å². The number of unbranched alkanes of at least 4 members (excludes halogenated alkanes) is 1. The number of urea groups is 1. The Bertz CT molecular complexity index is 995. The van der Waals surface area contributed by atoms with Crippen LogP contribution in [-0.4, -0.2) is 60.0 Å². The van der Waals surface area contributed by atoms with E-state index in [0.29, 0.717) is 42.9 Å². The Morgan fingerprint density at radius 2 is 1.67 bits per heavy atom. The molecule has 3 rings (SSSR count). The zero-order valence-corrected chi connectivity index (χ0v) is 21.5. The predicted octanol–water partition coefficient (Wildman–Crippen LogP) is 4.48. The van der Waals surface area contributed by atoms with E-state index in [1.54, 1.807) is 31.3 Å². The molecule has 0 spiro atoms. The van der Waals surface area contributed by atoms with Gasteiger partial charge in [-0.2, -0.15) is 0 Å². The molecule has 3 N–H and O–H groups in total. The number of amides is 2. The number of benzene rings is 2. The Morgan fingerprint density at radius 3 is 2.19 bits per heavy atom. The Kier molecular flexibility index (Phi) is 9.58. The van der Waals surface area contributed by atoms with Crippen molar-refractivity contribution < 1.29 is 29.3 Å². The molecule has 0 saturated heterocycles. The summed E-state index contributed by atoms with van der Waals surface area (Å²) in [5, 5.41) is 23.2.